The molecule has 0 saturated heterocycles. The minimum absolute atomic E-state index is 0.180. The molecule has 0 fully saturated rings. The fraction of sp³-hybridized carbons (Fsp3) is 0.125. The first-order valence-electron chi connectivity index (χ1n) is 3.46. The normalized spacial score (nSPS) is 10.0. The van der Waals surface area contributed by atoms with Gasteiger partial charge in [-0.3, -0.25) is 4.79 Å². The molecule has 1 aromatic rings. The minimum Gasteiger partial charge on any atom is -0.482 e. The molecule has 0 aromatic heterocycles. The third-order valence-corrected chi connectivity index (χ3v) is 2.80. The lowest BCUT2D eigenvalue weighted by atomic mass is 10.3. The summed E-state index contributed by atoms with van der Waals surface area (Å²) in [6, 6.07) is 3.33. The van der Waals surface area contributed by atoms with E-state index >= 15 is 0 Å². The van der Waals surface area contributed by atoms with E-state index in [4.69, 9.17) is 27.9 Å². The molecule has 0 aliphatic rings. The van der Waals surface area contributed by atoms with Crippen LogP contribution in [0.4, 0.5) is 0 Å². The molecule has 1 rings (SSSR count). The van der Waals surface area contributed by atoms with Gasteiger partial charge in [-0.2, -0.15) is 0 Å². The summed E-state index contributed by atoms with van der Waals surface area (Å²) in [7, 11) is 0. The van der Waals surface area contributed by atoms with Crippen LogP contribution in [0.15, 0.2) is 21.1 Å². The Bertz CT molecular complexity index is 345. The van der Waals surface area contributed by atoms with Gasteiger partial charge in [-0.15, -0.1) is 0 Å². The Morgan fingerprint density at radius 3 is 2.29 bits per heavy atom. The summed E-state index contributed by atoms with van der Waals surface area (Å²) in [4.78, 5) is 10.5. The highest BCUT2D eigenvalue weighted by molar-refractivity contribution is 9.11. The molecule has 0 spiro atoms. The molecule has 0 radical (unpaired) electrons. The number of benzene rings is 1. The van der Waals surface area contributed by atoms with Gasteiger partial charge >= 0.3 is 0 Å². The summed E-state index contributed by atoms with van der Waals surface area (Å²) in [5, 5.41) is 0.00653. The Labute approximate surface area is 108 Å². The van der Waals surface area contributed by atoms with Gasteiger partial charge in [0, 0.05) is 5.02 Å². The molecule has 0 N–H and O–H groups in total. The molecule has 0 amide bonds. The zero-order valence-corrected chi connectivity index (χ0v) is 11.4. The predicted octanol–water partition coefficient (Wildman–Crippen LogP) is 4.01. The number of carbonyl (C=O) groups is 1. The van der Waals surface area contributed by atoms with Crippen molar-refractivity contribution in [3.63, 3.8) is 0 Å². The SMILES string of the molecule is O=C(Cl)COc1c(Br)cc(Cl)cc1Br. The quantitative estimate of drug-likeness (QED) is 0.759. The van der Waals surface area contributed by atoms with Gasteiger partial charge < -0.3 is 4.74 Å². The smallest absolute Gasteiger partial charge is 0.259 e. The maximum absolute atomic E-state index is 10.5. The van der Waals surface area contributed by atoms with E-state index in [0.29, 0.717) is 19.7 Å². The second-order valence-electron chi connectivity index (χ2n) is 2.34. The van der Waals surface area contributed by atoms with Crippen molar-refractivity contribution in [2.45, 2.75) is 0 Å². The molecule has 2 nitrogen and oxygen atoms in total. The summed E-state index contributed by atoms with van der Waals surface area (Å²) >= 11 is 17.4. The van der Waals surface area contributed by atoms with Crippen LogP contribution in [-0.4, -0.2) is 11.8 Å². The van der Waals surface area contributed by atoms with Gasteiger partial charge in [0.1, 0.15) is 5.75 Å². The maximum Gasteiger partial charge on any atom is 0.259 e. The van der Waals surface area contributed by atoms with Crippen molar-refractivity contribution in [2.75, 3.05) is 6.61 Å². The second-order valence-corrected chi connectivity index (χ2v) is 4.91. The highest BCUT2D eigenvalue weighted by Gasteiger charge is 2.09. The number of carbonyl (C=O) groups excluding carboxylic acids is 1. The lowest BCUT2D eigenvalue weighted by Crippen LogP contribution is -2.05. The molecule has 0 aliphatic carbocycles. The Kier molecular flexibility index (Phi) is 4.70. The van der Waals surface area contributed by atoms with Gasteiger partial charge in [0.05, 0.1) is 8.95 Å². The van der Waals surface area contributed by atoms with Gasteiger partial charge in [-0.25, -0.2) is 0 Å². The fourth-order valence-electron chi connectivity index (χ4n) is 0.796. The first-order valence-corrected chi connectivity index (χ1v) is 5.80. The molecule has 6 heteroatoms. The topological polar surface area (TPSA) is 26.3 Å². The zero-order chi connectivity index (χ0) is 10.7. The highest BCUT2D eigenvalue weighted by atomic mass is 79.9. The van der Waals surface area contributed by atoms with Crippen molar-refractivity contribution in [3.05, 3.63) is 26.1 Å². The van der Waals surface area contributed by atoms with Gasteiger partial charge in [-0.05, 0) is 55.6 Å². The lowest BCUT2D eigenvalue weighted by molar-refractivity contribution is -0.113. The maximum atomic E-state index is 10.5. The molecule has 0 aliphatic heterocycles. The van der Waals surface area contributed by atoms with Gasteiger partial charge in [-0.1, -0.05) is 11.6 Å². The average molecular weight is 363 g/mol. The first kappa shape index (κ1) is 12.3. The molecule has 0 heterocycles. The molecule has 1 aromatic carbocycles. The molecular formula is C8H4Br2Cl2O2. The van der Waals surface area contributed by atoms with E-state index in [1.807, 2.05) is 0 Å². The number of halogens is 4. The van der Waals surface area contributed by atoms with E-state index in [2.05, 4.69) is 31.9 Å². The van der Waals surface area contributed by atoms with Crippen LogP contribution in [0, 0.1) is 0 Å². The molecular weight excluding hydrogens is 359 g/mol. The number of hydrogen-bond acceptors (Lipinski definition) is 2. The zero-order valence-electron chi connectivity index (χ0n) is 6.69. The van der Waals surface area contributed by atoms with Crippen molar-refractivity contribution in [1.82, 2.24) is 0 Å². The van der Waals surface area contributed by atoms with E-state index in [-0.39, 0.29) is 6.61 Å². The lowest BCUT2D eigenvalue weighted by Gasteiger charge is -2.08. The van der Waals surface area contributed by atoms with Crippen LogP contribution < -0.4 is 4.74 Å². The molecule has 76 valence electrons. The van der Waals surface area contributed by atoms with E-state index in [1.54, 1.807) is 12.1 Å². The van der Waals surface area contributed by atoms with Crippen molar-refractivity contribution in [2.24, 2.45) is 0 Å². The summed E-state index contributed by atoms with van der Waals surface area (Å²) in [5.41, 5.74) is 0. The first-order chi connectivity index (χ1) is 6.50. The van der Waals surface area contributed by atoms with E-state index in [0.717, 1.165) is 0 Å². The van der Waals surface area contributed by atoms with Crippen LogP contribution in [-0.2, 0) is 4.79 Å². The summed E-state index contributed by atoms with van der Waals surface area (Å²) < 4.78 is 6.47. The predicted molar refractivity (Wildman–Crippen MR) is 63.2 cm³/mol. The number of ether oxygens (including phenoxy) is 1. The molecule has 14 heavy (non-hydrogen) atoms. The summed E-state index contributed by atoms with van der Waals surface area (Å²) in [6.45, 7) is -0.180. The van der Waals surface area contributed by atoms with Crippen molar-refractivity contribution in [3.8, 4) is 5.75 Å². The Hall–Kier alpha value is 0.230. The fourth-order valence-corrected chi connectivity index (χ4v) is 2.75. The van der Waals surface area contributed by atoms with Crippen LogP contribution in [0.5, 0.6) is 5.75 Å². The Balaban J connectivity index is 2.91. The van der Waals surface area contributed by atoms with Crippen molar-refractivity contribution < 1.29 is 9.53 Å². The van der Waals surface area contributed by atoms with Crippen LogP contribution in [0.1, 0.15) is 0 Å². The van der Waals surface area contributed by atoms with Gasteiger partial charge in [0.2, 0.25) is 0 Å². The Morgan fingerprint density at radius 2 is 1.86 bits per heavy atom. The molecule has 0 atom stereocenters. The van der Waals surface area contributed by atoms with Crippen LogP contribution >= 0.6 is 55.1 Å². The minimum atomic E-state index is -0.557. The third-order valence-electron chi connectivity index (χ3n) is 1.29. The second kappa shape index (κ2) is 5.35. The molecule has 0 bridgehead atoms. The van der Waals surface area contributed by atoms with Gasteiger partial charge in [0.15, 0.2) is 6.61 Å². The standard InChI is InChI=1S/C8H4Br2Cl2O2/c9-5-1-4(11)2-6(10)8(5)14-3-7(12)13/h1-2H,3H2. The number of rotatable bonds is 3. The summed E-state index contributed by atoms with van der Waals surface area (Å²) in [6.07, 6.45) is 0. The van der Waals surface area contributed by atoms with E-state index in [9.17, 15) is 4.79 Å². The van der Waals surface area contributed by atoms with Crippen LogP contribution in [0.25, 0.3) is 0 Å². The highest BCUT2D eigenvalue weighted by Crippen LogP contribution is 2.36. The van der Waals surface area contributed by atoms with E-state index in [1.165, 1.54) is 0 Å². The van der Waals surface area contributed by atoms with Crippen molar-refractivity contribution in [1.29, 1.82) is 0 Å². The summed E-state index contributed by atoms with van der Waals surface area (Å²) in [5.74, 6) is 0.503. The Morgan fingerprint density at radius 1 is 1.36 bits per heavy atom. The number of hydrogen-bond donors (Lipinski definition) is 0. The molecule has 0 unspecified atom stereocenters. The largest absolute Gasteiger partial charge is 0.482 e. The molecule has 0 saturated carbocycles. The third kappa shape index (κ3) is 3.42. The van der Waals surface area contributed by atoms with E-state index < -0.39 is 5.24 Å². The average Bonchev–Trinajstić information content (AvgIpc) is 2.01. The van der Waals surface area contributed by atoms with Crippen molar-refractivity contribution >= 4 is 60.3 Å². The van der Waals surface area contributed by atoms with Gasteiger partial charge in [0.25, 0.3) is 5.24 Å². The van der Waals surface area contributed by atoms with Crippen LogP contribution in [0.2, 0.25) is 5.02 Å². The monoisotopic (exact) mass is 360 g/mol. The van der Waals surface area contributed by atoms with Crippen LogP contribution in [0.3, 0.4) is 0 Å².